The Morgan fingerprint density at radius 3 is 2.65 bits per heavy atom. The molecule has 1 unspecified atom stereocenters. The number of esters is 1. The molecule has 1 N–H and O–H groups in total. The van der Waals surface area contributed by atoms with Crippen LogP contribution in [0.2, 0.25) is 0 Å². The summed E-state index contributed by atoms with van der Waals surface area (Å²) in [6.07, 6.45) is 1.01. The summed E-state index contributed by atoms with van der Waals surface area (Å²) in [6, 6.07) is 6.52. The molecule has 0 bridgehead atoms. The van der Waals surface area contributed by atoms with Crippen LogP contribution in [0, 0.1) is 0 Å². The van der Waals surface area contributed by atoms with Crippen LogP contribution in [0.1, 0.15) is 39.2 Å². The van der Waals surface area contributed by atoms with Crippen molar-refractivity contribution in [2.45, 2.75) is 51.7 Å². The van der Waals surface area contributed by atoms with Crippen molar-refractivity contribution in [1.82, 2.24) is 4.90 Å². The lowest BCUT2D eigenvalue weighted by Crippen LogP contribution is -2.41. The van der Waals surface area contributed by atoms with Gasteiger partial charge in [-0.05, 0) is 51.3 Å². The van der Waals surface area contributed by atoms with E-state index in [0.29, 0.717) is 18.7 Å². The van der Waals surface area contributed by atoms with Crippen molar-refractivity contribution in [2.24, 2.45) is 0 Å². The largest absolute Gasteiger partial charge is 0.467 e. The van der Waals surface area contributed by atoms with Crippen molar-refractivity contribution < 1.29 is 23.9 Å². The van der Waals surface area contributed by atoms with Crippen LogP contribution in [-0.2, 0) is 25.5 Å². The Morgan fingerprint density at radius 1 is 1.27 bits per heavy atom. The first-order valence-electron chi connectivity index (χ1n) is 8.66. The molecule has 0 aromatic heterocycles. The fourth-order valence-electron chi connectivity index (χ4n) is 2.90. The number of benzene rings is 1. The van der Waals surface area contributed by atoms with Crippen LogP contribution >= 0.6 is 0 Å². The van der Waals surface area contributed by atoms with Crippen molar-refractivity contribution in [3.8, 4) is 0 Å². The Labute approximate surface area is 153 Å². The summed E-state index contributed by atoms with van der Waals surface area (Å²) < 4.78 is 9.99. The fraction of sp³-hybridized carbons (Fsp3) is 0.526. The summed E-state index contributed by atoms with van der Waals surface area (Å²) in [7, 11) is 1.33. The van der Waals surface area contributed by atoms with E-state index in [2.05, 4.69) is 5.32 Å². The van der Waals surface area contributed by atoms with Crippen molar-refractivity contribution in [1.29, 1.82) is 0 Å². The zero-order valence-electron chi connectivity index (χ0n) is 15.7. The van der Waals surface area contributed by atoms with Crippen LogP contribution in [-0.4, -0.2) is 48.2 Å². The van der Waals surface area contributed by atoms with Gasteiger partial charge in [0.25, 0.3) is 0 Å². The van der Waals surface area contributed by atoms with Crippen LogP contribution in [0.5, 0.6) is 0 Å². The van der Waals surface area contributed by atoms with E-state index in [0.717, 1.165) is 12.0 Å². The summed E-state index contributed by atoms with van der Waals surface area (Å²) in [5.74, 6) is -0.511. The van der Waals surface area contributed by atoms with E-state index in [1.54, 1.807) is 49.9 Å². The lowest BCUT2D eigenvalue weighted by molar-refractivity contribution is -0.150. The fourth-order valence-corrected chi connectivity index (χ4v) is 2.90. The second-order valence-electron chi connectivity index (χ2n) is 7.27. The Hall–Kier alpha value is -2.57. The normalized spacial score (nSPS) is 16.9. The highest BCUT2D eigenvalue weighted by atomic mass is 16.6. The Balaban J connectivity index is 2.00. The van der Waals surface area contributed by atoms with Gasteiger partial charge >= 0.3 is 12.1 Å². The molecular formula is C19H26N2O5. The topological polar surface area (TPSA) is 84.9 Å². The average Bonchev–Trinajstić information content (AvgIpc) is 3.02. The second-order valence-corrected chi connectivity index (χ2v) is 7.27. The molecule has 2 rings (SSSR count). The zero-order chi connectivity index (χ0) is 19.3. The Bertz CT molecular complexity index is 681. The lowest BCUT2D eigenvalue weighted by atomic mass is 10.1. The number of methoxy groups -OCH3 is 1. The van der Waals surface area contributed by atoms with Gasteiger partial charge in [-0.25, -0.2) is 9.59 Å². The van der Waals surface area contributed by atoms with Gasteiger partial charge in [0.1, 0.15) is 11.6 Å². The number of hydrogen-bond acceptors (Lipinski definition) is 5. The van der Waals surface area contributed by atoms with Gasteiger partial charge in [0.05, 0.1) is 13.5 Å². The van der Waals surface area contributed by atoms with E-state index in [-0.39, 0.29) is 18.3 Å². The molecule has 0 saturated carbocycles. The van der Waals surface area contributed by atoms with Crippen molar-refractivity contribution in [2.75, 3.05) is 19.0 Å². The SMILES string of the molecule is COC(=O)C1CCCN1C(=O)Cc1cccc(NC(=O)OC(C)(C)C)c1. The minimum atomic E-state index is -0.587. The minimum Gasteiger partial charge on any atom is -0.467 e. The maximum atomic E-state index is 12.6. The third kappa shape index (κ3) is 5.47. The van der Waals surface area contributed by atoms with Crippen LogP contribution < -0.4 is 5.32 Å². The van der Waals surface area contributed by atoms with Crippen LogP contribution in [0.25, 0.3) is 0 Å². The first-order valence-corrected chi connectivity index (χ1v) is 8.66. The summed E-state index contributed by atoms with van der Waals surface area (Å²) in [4.78, 5) is 37.8. The zero-order valence-corrected chi connectivity index (χ0v) is 15.7. The highest BCUT2D eigenvalue weighted by Gasteiger charge is 2.34. The number of carbonyl (C=O) groups excluding carboxylic acids is 3. The molecule has 26 heavy (non-hydrogen) atoms. The van der Waals surface area contributed by atoms with Crippen molar-refractivity contribution >= 4 is 23.7 Å². The first kappa shape index (κ1) is 19.8. The summed E-state index contributed by atoms with van der Waals surface area (Å²) in [6.45, 7) is 5.91. The third-order valence-corrected chi connectivity index (χ3v) is 3.97. The predicted octanol–water partition coefficient (Wildman–Crippen LogP) is 2.74. The van der Waals surface area contributed by atoms with Crippen LogP contribution in [0.4, 0.5) is 10.5 Å². The summed E-state index contributed by atoms with van der Waals surface area (Å²) >= 11 is 0. The molecule has 142 valence electrons. The van der Waals surface area contributed by atoms with E-state index < -0.39 is 17.7 Å². The van der Waals surface area contributed by atoms with Gasteiger partial charge in [-0.2, -0.15) is 0 Å². The van der Waals surface area contributed by atoms with E-state index in [4.69, 9.17) is 9.47 Å². The molecule has 0 spiro atoms. The molecular weight excluding hydrogens is 336 g/mol. The van der Waals surface area contributed by atoms with Crippen LogP contribution in [0.15, 0.2) is 24.3 Å². The maximum Gasteiger partial charge on any atom is 0.412 e. The quantitative estimate of drug-likeness (QED) is 0.833. The number of hydrogen-bond donors (Lipinski definition) is 1. The lowest BCUT2D eigenvalue weighted by Gasteiger charge is -2.23. The highest BCUT2D eigenvalue weighted by molar-refractivity contribution is 5.87. The molecule has 1 heterocycles. The van der Waals surface area contributed by atoms with Gasteiger partial charge in [0.15, 0.2) is 0 Å². The minimum absolute atomic E-state index is 0.132. The molecule has 2 amide bonds. The van der Waals surface area contributed by atoms with Crippen molar-refractivity contribution in [3.05, 3.63) is 29.8 Å². The average molecular weight is 362 g/mol. The maximum absolute atomic E-state index is 12.6. The van der Waals surface area contributed by atoms with E-state index in [9.17, 15) is 14.4 Å². The molecule has 1 aliphatic heterocycles. The second kappa shape index (κ2) is 8.21. The Kier molecular flexibility index (Phi) is 6.23. The highest BCUT2D eigenvalue weighted by Crippen LogP contribution is 2.21. The predicted molar refractivity (Wildman–Crippen MR) is 96.8 cm³/mol. The molecule has 1 aliphatic rings. The Morgan fingerprint density at radius 2 is 2.00 bits per heavy atom. The van der Waals surface area contributed by atoms with Gasteiger partial charge in [0.2, 0.25) is 5.91 Å². The number of carbonyl (C=O) groups is 3. The number of rotatable bonds is 4. The van der Waals surface area contributed by atoms with Gasteiger partial charge < -0.3 is 14.4 Å². The number of anilines is 1. The van der Waals surface area contributed by atoms with E-state index in [1.165, 1.54) is 7.11 Å². The number of ether oxygens (including phenoxy) is 2. The number of nitrogens with one attached hydrogen (secondary N) is 1. The van der Waals surface area contributed by atoms with Gasteiger partial charge in [-0.1, -0.05) is 12.1 Å². The van der Waals surface area contributed by atoms with E-state index >= 15 is 0 Å². The standard InChI is InChI=1S/C19H26N2O5/c1-19(2,3)26-18(24)20-14-8-5-7-13(11-14)12-16(22)21-10-6-9-15(21)17(23)25-4/h5,7-8,11,15H,6,9-10,12H2,1-4H3,(H,20,24). The van der Waals surface area contributed by atoms with Gasteiger partial charge in [-0.15, -0.1) is 0 Å². The first-order chi connectivity index (χ1) is 12.2. The molecule has 0 aliphatic carbocycles. The molecule has 1 aromatic carbocycles. The molecule has 7 nitrogen and oxygen atoms in total. The summed E-state index contributed by atoms with van der Waals surface area (Å²) in [5, 5.41) is 2.66. The summed E-state index contributed by atoms with van der Waals surface area (Å²) in [5.41, 5.74) is 0.714. The molecule has 7 heteroatoms. The molecule has 1 saturated heterocycles. The van der Waals surface area contributed by atoms with E-state index in [1.807, 2.05) is 0 Å². The molecule has 1 fully saturated rings. The smallest absolute Gasteiger partial charge is 0.412 e. The van der Waals surface area contributed by atoms with Gasteiger partial charge in [0, 0.05) is 12.2 Å². The van der Waals surface area contributed by atoms with Crippen molar-refractivity contribution in [3.63, 3.8) is 0 Å². The third-order valence-electron chi connectivity index (χ3n) is 3.97. The van der Waals surface area contributed by atoms with Crippen LogP contribution in [0.3, 0.4) is 0 Å². The molecule has 1 aromatic rings. The van der Waals surface area contributed by atoms with Gasteiger partial charge in [-0.3, -0.25) is 10.1 Å². The number of nitrogens with zero attached hydrogens (tertiary/aromatic N) is 1. The number of amides is 2. The molecule has 0 radical (unpaired) electrons. The molecule has 1 atom stereocenters. The monoisotopic (exact) mass is 362 g/mol. The number of likely N-dealkylation sites (tertiary alicyclic amines) is 1.